The number of hydrogen-bond acceptors (Lipinski definition) is 3. The van der Waals surface area contributed by atoms with E-state index in [0.29, 0.717) is 26.1 Å². The standard InChI is InChI=1S/C16H20N4O/c1-2-20(10-12-6-4-3-5-7-12)16(21)14-8-13-15(9-17-14)19-11-18-13/h3-7,11,14,17H,2,8-10H2,1H3,(H,18,19). The molecule has 0 saturated carbocycles. The number of amides is 1. The third-order valence-corrected chi connectivity index (χ3v) is 3.94. The Morgan fingerprint density at radius 2 is 2.19 bits per heavy atom. The summed E-state index contributed by atoms with van der Waals surface area (Å²) in [4.78, 5) is 22.0. The molecule has 1 amide bonds. The molecule has 5 nitrogen and oxygen atoms in total. The SMILES string of the molecule is CCN(Cc1ccccc1)C(=O)C1Cc2nc[nH]c2CN1. The van der Waals surface area contributed by atoms with Gasteiger partial charge in [-0.05, 0) is 12.5 Å². The number of fused-ring (bicyclic) bond motifs is 1. The minimum atomic E-state index is -0.176. The molecule has 1 unspecified atom stereocenters. The zero-order chi connectivity index (χ0) is 14.7. The summed E-state index contributed by atoms with van der Waals surface area (Å²) in [5, 5.41) is 3.30. The van der Waals surface area contributed by atoms with Gasteiger partial charge in [-0.25, -0.2) is 4.98 Å². The Kier molecular flexibility index (Phi) is 4.01. The molecular weight excluding hydrogens is 264 g/mol. The van der Waals surface area contributed by atoms with E-state index in [1.165, 1.54) is 0 Å². The monoisotopic (exact) mass is 284 g/mol. The van der Waals surface area contributed by atoms with Crippen LogP contribution in [0.15, 0.2) is 36.7 Å². The Morgan fingerprint density at radius 1 is 1.38 bits per heavy atom. The Labute approximate surface area is 124 Å². The van der Waals surface area contributed by atoms with Crippen molar-refractivity contribution in [2.45, 2.75) is 32.5 Å². The Balaban J connectivity index is 1.68. The largest absolute Gasteiger partial charge is 0.347 e. The lowest BCUT2D eigenvalue weighted by Crippen LogP contribution is -2.49. The van der Waals surface area contributed by atoms with E-state index in [2.05, 4.69) is 27.4 Å². The van der Waals surface area contributed by atoms with Crippen LogP contribution in [0, 0.1) is 0 Å². The molecule has 2 heterocycles. The molecule has 0 bridgehead atoms. The first-order valence-corrected chi connectivity index (χ1v) is 7.35. The second-order valence-corrected chi connectivity index (χ2v) is 5.30. The fourth-order valence-electron chi connectivity index (χ4n) is 2.71. The number of likely N-dealkylation sites (N-methyl/N-ethyl adjacent to an activating group) is 1. The summed E-state index contributed by atoms with van der Waals surface area (Å²) in [7, 11) is 0. The minimum Gasteiger partial charge on any atom is -0.347 e. The molecule has 1 aliphatic rings. The van der Waals surface area contributed by atoms with Gasteiger partial charge < -0.3 is 9.88 Å². The third-order valence-electron chi connectivity index (χ3n) is 3.94. The molecule has 0 saturated heterocycles. The number of carbonyl (C=O) groups is 1. The summed E-state index contributed by atoms with van der Waals surface area (Å²) in [6.07, 6.45) is 2.35. The number of H-pyrrole nitrogens is 1. The predicted molar refractivity (Wildman–Crippen MR) is 80.5 cm³/mol. The molecule has 1 aliphatic heterocycles. The van der Waals surface area contributed by atoms with E-state index >= 15 is 0 Å². The normalized spacial score (nSPS) is 17.3. The number of imidazole rings is 1. The molecule has 2 N–H and O–H groups in total. The summed E-state index contributed by atoms with van der Waals surface area (Å²) < 4.78 is 0. The van der Waals surface area contributed by atoms with Crippen molar-refractivity contribution in [2.24, 2.45) is 0 Å². The first kappa shape index (κ1) is 13.8. The number of nitrogens with zero attached hydrogens (tertiary/aromatic N) is 2. The van der Waals surface area contributed by atoms with Gasteiger partial charge in [0.05, 0.1) is 23.8 Å². The van der Waals surface area contributed by atoms with Crippen molar-refractivity contribution < 1.29 is 4.79 Å². The fraction of sp³-hybridized carbons (Fsp3) is 0.375. The lowest BCUT2D eigenvalue weighted by Gasteiger charge is -2.29. The number of rotatable bonds is 4. The van der Waals surface area contributed by atoms with Crippen LogP contribution in [0.25, 0.3) is 0 Å². The zero-order valence-corrected chi connectivity index (χ0v) is 12.2. The molecule has 5 heteroatoms. The highest BCUT2D eigenvalue weighted by Crippen LogP contribution is 2.15. The van der Waals surface area contributed by atoms with Gasteiger partial charge >= 0.3 is 0 Å². The minimum absolute atomic E-state index is 0.148. The maximum atomic E-state index is 12.7. The molecule has 1 atom stereocenters. The summed E-state index contributed by atoms with van der Waals surface area (Å²) in [5.74, 6) is 0.148. The van der Waals surface area contributed by atoms with Crippen LogP contribution >= 0.6 is 0 Å². The van der Waals surface area contributed by atoms with Crippen molar-refractivity contribution in [1.29, 1.82) is 0 Å². The number of hydrogen-bond donors (Lipinski definition) is 2. The highest BCUT2D eigenvalue weighted by atomic mass is 16.2. The fourth-order valence-corrected chi connectivity index (χ4v) is 2.71. The molecule has 0 aliphatic carbocycles. The van der Waals surface area contributed by atoms with Crippen molar-refractivity contribution in [3.63, 3.8) is 0 Å². The molecule has 0 spiro atoms. The first-order chi connectivity index (χ1) is 10.3. The van der Waals surface area contributed by atoms with Crippen molar-refractivity contribution in [3.8, 4) is 0 Å². The molecule has 110 valence electrons. The predicted octanol–water partition coefficient (Wildman–Crippen LogP) is 1.47. The first-order valence-electron chi connectivity index (χ1n) is 7.35. The Morgan fingerprint density at radius 3 is 2.95 bits per heavy atom. The van der Waals surface area contributed by atoms with Gasteiger partial charge in [0, 0.05) is 26.1 Å². The maximum Gasteiger partial charge on any atom is 0.240 e. The van der Waals surface area contributed by atoms with Gasteiger partial charge in [-0.3, -0.25) is 10.1 Å². The van der Waals surface area contributed by atoms with Crippen LogP contribution in [0.1, 0.15) is 23.9 Å². The number of carbonyl (C=O) groups excluding carboxylic acids is 1. The van der Waals surface area contributed by atoms with E-state index in [4.69, 9.17) is 0 Å². The molecule has 3 rings (SSSR count). The van der Waals surface area contributed by atoms with E-state index in [1.807, 2.05) is 30.0 Å². The number of nitrogens with one attached hydrogen (secondary N) is 2. The van der Waals surface area contributed by atoms with Gasteiger partial charge in [0.1, 0.15) is 0 Å². The quantitative estimate of drug-likeness (QED) is 0.894. The molecular formula is C16H20N4O. The Bertz CT molecular complexity index is 608. The van der Waals surface area contributed by atoms with Crippen molar-refractivity contribution >= 4 is 5.91 Å². The van der Waals surface area contributed by atoms with E-state index in [-0.39, 0.29) is 11.9 Å². The van der Waals surface area contributed by atoms with E-state index in [0.717, 1.165) is 17.0 Å². The van der Waals surface area contributed by atoms with Crippen LogP contribution in [-0.2, 0) is 24.3 Å². The van der Waals surface area contributed by atoms with Gasteiger partial charge in [0.25, 0.3) is 0 Å². The van der Waals surface area contributed by atoms with Gasteiger partial charge in [-0.1, -0.05) is 30.3 Å². The molecule has 0 fully saturated rings. The Hall–Kier alpha value is -2.14. The van der Waals surface area contributed by atoms with Crippen molar-refractivity contribution in [3.05, 3.63) is 53.6 Å². The van der Waals surface area contributed by atoms with Gasteiger partial charge in [-0.15, -0.1) is 0 Å². The van der Waals surface area contributed by atoms with Crippen LogP contribution in [0.3, 0.4) is 0 Å². The van der Waals surface area contributed by atoms with E-state index in [9.17, 15) is 4.79 Å². The third kappa shape index (κ3) is 2.97. The van der Waals surface area contributed by atoms with Crippen LogP contribution in [0.2, 0.25) is 0 Å². The topological polar surface area (TPSA) is 61.0 Å². The summed E-state index contributed by atoms with van der Waals surface area (Å²) in [6.45, 7) is 4.05. The zero-order valence-electron chi connectivity index (χ0n) is 12.2. The lowest BCUT2D eigenvalue weighted by atomic mass is 10.0. The molecule has 1 aromatic heterocycles. The molecule has 2 aromatic rings. The van der Waals surface area contributed by atoms with Gasteiger partial charge in [0.2, 0.25) is 5.91 Å². The lowest BCUT2D eigenvalue weighted by molar-refractivity contribution is -0.134. The highest BCUT2D eigenvalue weighted by molar-refractivity contribution is 5.82. The van der Waals surface area contributed by atoms with Crippen LogP contribution in [0.5, 0.6) is 0 Å². The average Bonchev–Trinajstić information content (AvgIpc) is 3.00. The second-order valence-electron chi connectivity index (χ2n) is 5.30. The van der Waals surface area contributed by atoms with Crippen LogP contribution in [0.4, 0.5) is 0 Å². The molecule has 21 heavy (non-hydrogen) atoms. The van der Waals surface area contributed by atoms with E-state index < -0.39 is 0 Å². The number of aromatic amines is 1. The van der Waals surface area contributed by atoms with Crippen LogP contribution < -0.4 is 5.32 Å². The van der Waals surface area contributed by atoms with Gasteiger partial charge in [0.15, 0.2) is 0 Å². The van der Waals surface area contributed by atoms with E-state index in [1.54, 1.807) is 6.33 Å². The van der Waals surface area contributed by atoms with Crippen molar-refractivity contribution in [2.75, 3.05) is 6.54 Å². The van der Waals surface area contributed by atoms with Gasteiger partial charge in [-0.2, -0.15) is 0 Å². The van der Waals surface area contributed by atoms with Crippen LogP contribution in [-0.4, -0.2) is 33.4 Å². The average molecular weight is 284 g/mol. The molecule has 1 aromatic carbocycles. The second kappa shape index (κ2) is 6.10. The highest BCUT2D eigenvalue weighted by Gasteiger charge is 2.28. The summed E-state index contributed by atoms with van der Waals surface area (Å²) >= 11 is 0. The number of aromatic nitrogens is 2. The van der Waals surface area contributed by atoms with Crippen molar-refractivity contribution in [1.82, 2.24) is 20.2 Å². The molecule has 0 radical (unpaired) electrons. The smallest absolute Gasteiger partial charge is 0.240 e. The number of benzene rings is 1. The maximum absolute atomic E-state index is 12.7. The summed E-state index contributed by atoms with van der Waals surface area (Å²) in [5.41, 5.74) is 3.25. The summed E-state index contributed by atoms with van der Waals surface area (Å²) in [6, 6.07) is 9.92.